The molecule has 1 N–H and O–H groups in total. The first kappa shape index (κ1) is 19.0. The van der Waals surface area contributed by atoms with E-state index < -0.39 is 0 Å². The first-order valence-electron chi connectivity index (χ1n) is 7.75. The molecule has 7 nitrogen and oxygen atoms in total. The third-order valence-corrected chi connectivity index (χ3v) is 3.48. The summed E-state index contributed by atoms with van der Waals surface area (Å²) in [5.41, 5.74) is 0.811. The number of nitrogens with zero attached hydrogens (tertiary/aromatic N) is 4. The Morgan fingerprint density at radius 3 is 2.26 bits per heavy atom. The molecule has 7 heteroatoms. The van der Waals surface area contributed by atoms with E-state index in [1.54, 1.807) is 25.8 Å². The van der Waals surface area contributed by atoms with Gasteiger partial charge in [0.05, 0.1) is 5.69 Å². The molecule has 130 valence electrons. The summed E-state index contributed by atoms with van der Waals surface area (Å²) in [7, 11) is 5.13. The number of hydrogen-bond acceptors (Lipinski definition) is 3. The van der Waals surface area contributed by atoms with Gasteiger partial charge in [0, 0.05) is 38.7 Å². The topological polar surface area (TPSA) is 70.5 Å². The van der Waals surface area contributed by atoms with Crippen molar-refractivity contribution >= 4 is 17.8 Å². The fourth-order valence-electron chi connectivity index (χ4n) is 2.02. The van der Waals surface area contributed by atoms with Gasteiger partial charge in [-0.1, -0.05) is 20.8 Å². The minimum absolute atomic E-state index is 0.00467. The highest BCUT2D eigenvalue weighted by Gasteiger charge is 2.23. The molecule has 0 bridgehead atoms. The molecule has 23 heavy (non-hydrogen) atoms. The summed E-state index contributed by atoms with van der Waals surface area (Å²) in [6, 6.07) is 1.62. The van der Waals surface area contributed by atoms with Crippen molar-refractivity contribution in [2.75, 3.05) is 26.0 Å². The molecule has 0 spiro atoms. The van der Waals surface area contributed by atoms with Crippen molar-refractivity contribution in [2.24, 2.45) is 7.05 Å². The number of rotatable bonds is 4. The van der Waals surface area contributed by atoms with Crippen molar-refractivity contribution in [2.45, 2.75) is 46.1 Å². The minimum atomic E-state index is -0.239. The average Bonchev–Trinajstić information content (AvgIpc) is 2.76. The van der Waals surface area contributed by atoms with Gasteiger partial charge in [-0.15, -0.1) is 0 Å². The molecule has 0 aliphatic heterocycles. The molecular weight excluding hydrogens is 294 g/mol. The van der Waals surface area contributed by atoms with Crippen molar-refractivity contribution in [1.29, 1.82) is 0 Å². The van der Waals surface area contributed by atoms with Crippen molar-refractivity contribution in [3.63, 3.8) is 0 Å². The Kier molecular flexibility index (Phi) is 5.80. The zero-order chi connectivity index (χ0) is 17.9. The van der Waals surface area contributed by atoms with Gasteiger partial charge in [-0.2, -0.15) is 5.10 Å². The fourth-order valence-corrected chi connectivity index (χ4v) is 2.02. The molecular formula is C16H29N5O2. The second-order valence-corrected chi connectivity index (χ2v) is 7.24. The van der Waals surface area contributed by atoms with Crippen molar-refractivity contribution in [3.8, 4) is 0 Å². The van der Waals surface area contributed by atoms with Gasteiger partial charge < -0.3 is 15.1 Å². The molecule has 1 aromatic rings. The zero-order valence-corrected chi connectivity index (χ0v) is 15.5. The molecule has 0 saturated carbocycles. The Bertz CT molecular complexity index is 570. The van der Waals surface area contributed by atoms with Gasteiger partial charge in [0.2, 0.25) is 5.91 Å². The molecule has 1 rings (SSSR count). The quantitative estimate of drug-likeness (QED) is 0.922. The van der Waals surface area contributed by atoms with Crippen LogP contribution in [0.2, 0.25) is 0 Å². The molecule has 0 fully saturated rings. The maximum Gasteiger partial charge on any atom is 0.320 e. The molecule has 1 aromatic heterocycles. The number of urea groups is 1. The number of aromatic nitrogens is 2. The van der Waals surface area contributed by atoms with Crippen LogP contribution in [-0.4, -0.2) is 58.2 Å². The van der Waals surface area contributed by atoms with E-state index >= 15 is 0 Å². The van der Waals surface area contributed by atoms with Crippen LogP contribution in [0.25, 0.3) is 0 Å². The number of carbonyl (C=O) groups excluding carboxylic acids is 2. The largest absolute Gasteiger partial charge is 0.331 e. The number of anilines is 1. The van der Waals surface area contributed by atoms with E-state index in [4.69, 9.17) is 0 Å². The predicted octanol–water partition coefficient (Wildman–Crippen LogP) is 2.05. The standard InChI is InChI=1S/C16H29N5O2/c1-11(2)21(15(23)19(6)7)10-14(22)17-13-9-12(16(3,4)5)18-20(13)8/h9,11H,10H2,1-8H3,(H,17,22). The smallest absolute Gasteiger partial charge is 0.320 e. The van der Waals surface area contributed by atoms with Crippen LogP contribution >= 0.6 is 0 Å². The second kappa shape index (κ2) is 7.02. The van der Waals surface area contributed by atoms with Gasteiger partial charge in [0.1, 0.15) is 12.4 Å². The molecule has 0 atom stereocenters. The number of hydrogen-bond donors (Lipinski definition) is 1. The molecule has 0 aliphatic carbocycles. The van der Waals surface area contributed by atoms with Gasteiger partial charge in [0.25, 0.3) is 0 Å². The third kappa shape index (κ3) is 4.97. The molecule has 0 saturated heterocycles. The molecule has 0 aromatic carbocycles. The van der Waals surface area contributed by atoms with Gasteiger partial charge in [-0.25, -0.2) is 4.79 Å². The van der Waals surface area contributed by atoms with Crippen LogP contribution in [0.3, 0.4) is 0 Å². The molecule has 3 amide bonds. The number of aryl methyl sites for hydroxylation is 1. The molecule has 0 aliphatic rings. The van der Waals surface area contributed by atoms with Crippen LogP contribution in [-0.2, 0) is 17.3 Å². The van der Waals surface area contributed by atoms with Gasteiger partial charge >= 0.3 is 6.03 Å². The maximum absolute atomic E-state index is 12.3. The Morgan fingerprint density at radius 2 is 1.87 bits per heavy atom. The van der Waals surface area contributed by atoms with Crippen LogP contribution in [0.1, 0.15) is 40.3 Å². The lowest BCUT2D eigenvalue weighted by atomic mass is 9.92. The molecule has 0 unspecified atom stereocenters. The lowest BCUT2D eigenvalue weighted by molar-refractivity contribution is -0.117. The summed E-state index contributed by atoms with van der Waals surface area (Å²) in [6.45, 7) is 9.98. The predicted molar refractivity (Wildman–Crippen MR) is 91.5 cm³/mol. The Hall–Kier alpha value is -2.05. The zero-order valence-electron chi connectivity index (χ0n) is 15.5. The summed E-state index contributed by atoms with van der Waals surface area (Å²) in [5.74, 6) is 0.387. The minimum Gasteiger partial charge on any atom is -0.331 e. The van der Waals surface area contributed by atoms with Crippen LogP contribution in [0.4, 0.5) is 10.6 Å². The van der Waals surface area contributed by atoms with Crippen LogP contribution in [0, 0.1) is 0 Å². The van der Waals surface area contributed by atoms with Gasteiger partial charge in [-0.3, -0.25) is 9.48 Å². The third-order valence-electron chi connectivity index (χ3n) is 3.48. The van der Waals surface area contributed by atoms with E-state index in [0.29, 0.717) is 5.82 Å². The van der Waals surface area contributed by atoms with E-state index in [2.05, 4.69) is 31.2 Å². The van der Waals surface area contributed by atoms with Crippen LogP contribution < -0.4 is 5.32 Å². The summed E-state index contributed by atoms with van der Waals surface area (Å²) in [4.78, 5) is 27.4. The van der Waals surface area contributed by atoms with Crippen LogP contribution in [0.15, 0.2) is 6.07 Å². The van der Waals surface area contributed by atoms with Crippen molar-refractivity contribution in [1.82, 2.24) is 19.6 Å². The monoisotopic (exact) mass is 323 g/mol. The highest BCUT2D eigenvalue weighted by Crippen LogP contribution is 2.23. The van der Waals surface area contributed by atoms with Gasteiger partial charge in [-0.05, 0) is 13.8 Å². The van der Waals surface area contributed by atoms with Crippen molar-refractivity contribution in [3.05, 3.63) is 11.8 Å². The van der Waals surface area contributed by atoms with E-state index in [1.807, 2.05) is 19.9 Å². The first-order chi connectivity index (χ1) is 10.4. The van der Waals surface area contributed by atoms with E-state index in [0.717, 1.165) is 5.69 Å². The Labute approximate surface area is 138 Å². The lowest BCUT2D eigenvalue weighted by Gasteiger charge is -2.28. The summed E-state index contributed by atoms with van der Waals surface area (Å²) in [6.07, 6.45) is 0. The van der Waals surface area contributed by atoms with E-state index in [9.17, 15) is 9.59 Å². The normalized spacial score (nSPS) is 11.5. The van der Waals surface area contributed by atoms with E-state index in [-0.39, 0.29) is 29.9 Å². The Morgan fingerprint density at radius 1 is 1.30 bits per heavy atom. The maximum atomic E-state index is 12.3. The average molecular weight is 323 g/mol. The fraction of sp³-hybridized carbons (Fsp3) is 0.688. The van der Waals surface area contributed by atoms with Crippen molar-refractivity contribution < 1.29 is 9.59 Å². The van der Waals surface area contributed by atoms with E-state index in [1.165, 1.54) is 9.80 Å². The highest BCUT2D eigenvalue weighted by atomic mass is 16.2. The lowest BCUT2D eigenvalue weighted by Crippen LogP contribution is -2.47. The van der Waals surface area contributed by atoms with Crippen LogP contribution in [0.5, 0.6) is 0 Å². The number of amides is 3. The molecule has 0 radical (unpaired) electrons. The summed E-state index contributed by atoms with van der Waals surface area (Å²) in [5, 5.41) is 7.26. The first-order valence-corrected chi connectivity index (χ1v) is 7.75. The Balaban J connectivity index is 2.83. The second-order valence-electron chi connectivity index (χ2n) is 7.24. The SMILES string of the molecule is CC(C)N(CC(=O)Nc1cc(C(C)(C)C)nn1C)C(=O)N(C)C. The number of nitrogens with one attached hydrogen (secondary N) is 1. The summed E-state index contributed by atoms with van der Waals surface area (Å²) < 4.78 is 1.64. The molecule has 1 heterocycles. The highest BCUT2D eigenvalue weighted by molar-refractivity contribution is 5.93. The van der Waals surface area contributed by atoms with Gasteiger partial charge in [0.15, 0.2) is 0 Å². The summed E-state index contributed by atoms with van der Waals surface area (Å²) >= 11 is 0. The number of carbonyl (C=O) groups is 2.